The van der Waals surface area contributed by atoms with Gasteiger partial charge in [-0.05, 0) is 66.1 Å². The number of carbonyl (C=O) groups is 2. The second-order valence-corrected chi connectivity index (χ2v) is 13.0. The summed E-state index contributed by atoms with van der Waals surface area (Å²) in [4.78, 5) is 29.0. The third-order valence-corrected chi connectivity index (χ3v) is 7.74. The van der Waals surface area contributed by atoms with Gasteiger partial charge in [0.1, 0.15) is 5.60 Å². The molecule has 0 radical (unpaired) electrons. The van der Waals surface area contributed by atoms with E-state index in [-0.39, 0.29) is 11.9 Å². The fourth-order valence-corrected chi connectivity index (χ4v) is 5.27. The van der Waals surface area contributed by atoms with Crippen LogP contribution in [0.15, 0.2) is 0 Å². The molecule has 0 aliphatic carbocycles. The van der Waals surface area contributed by atoms with Crippen LogP contribution < -0.4 is 0 Å². The summed E-state index contributed by atoms with van der Waals surface area (Å²) in [5.41, 5.74) is -0.456. The average molecular weight is 583 g/mol. The van der Waals surface area contributed by atoms with Crippen molar-refractivity contribution in [1.29, 1.82) is 0 Å². The van der Waals surface area contributed by atoms with E-state index in [4.69, 9.17) is 9.47 Å². The number of rotatable bonds is 29. The van der Waals surface area contributed by atoms with E-state index in [1.165, 1.54) is 110 Å². The van der Waals surface area contributed by atoms with Crippen molar-refractivity contribution in [3.8, 4) is 0 Å². The van der Waals surface area contributed by atoms with Gasteiger partial charge in [0.15, 0.2) is 0 Å². The first-order chi connectivity index (χ1) is 19.7. The summed E-state index contributed by atoms with van der Waals surface area (Å²) in [7, 11) is 1.45. The van der Waals surface area contributed by atoms with E-state index in [1.54, 1.807) is 0 Å². The molecule has 41 heavy (non-hydrogen) atoms. The van der Waals surface area contributed by atoms with Gasteiger partial charge in [-0.3, -0.25) is 14.5 Å². The second kappa shape index (κ2) is 27.7. The van der Waals surface area contributed by atoms with Crippen molar-refractivity contribution >= 4 is 11.9 Å². The summed E-state index contributed by atoms with van der Waals surface area (Å²) in [6.07, 6.45) is 24.5. The number of ether oxygens (including phenoxy) is 2. The topological polar surface area (TPSA) is 59.1 Å². The lowest BCUT2D eigenvalue weighted by molar-refractivity contribution is -0.156. The summed E-state index contributed by atoms with van der Waals surface area (Å²) in [6, 6.07) is 0. The van der Waals surface area contributed by atoms with E-state index in [1.807, 2.05) is 20.8 Å². The molecule has 0 aromatic rings. The van der Waals surface area contributed by atoms with E-state index >= 15 is 0 Å². The molecule has 0 N–H and O–H groups in total. The zero-order valence-corrected chi connectivity index (χ0v) is 28.4. The van der Waals surface area contributed by atoms with Crippen LogP contribution in [0.3, 0.4) is 0 Å². The zero-order valence-electron chi connectivity index (χ0n) is 28.4. The van der Waals surface area contributed by atoms with E-state index in [0.717, 1.165) is 51.7 Å². The van der Waals surface area contributed by atoms with Gasteiger partial charge >= 0.3 is 11.9 Å². The maximum absolute atomic E-state index is 12.7. The van der Waals surface area contributed by atoms with Gasteiger partial charge in [0.05, 0.1) is 13.7 Å². The van der Waals surface area contributed by atoms with E-state index in [9.17, 15) is 9.59 Å². The van der Waals surface area contributed by atoms with Crippen molar-refractivity contribution in [2.75, 3.05) is 46.4 Å². The highest BCUT2D eigenvalue weighted by molar-refractivity contribution is 5.72. The summed E-state index contributed by atoms with van der Waals surface area (Å²) in [5.74, 6) is -0.243. The quantitative estimate of drug-likeness (QED) is 0.0648. The minimum atomic E-state index is -0.456. The molecule has 0 aromatic carbocycles. The monoisotopic (exact) mass is 583 g/mol. The average Bonchev–Trinajstić information content (AvgIpc) is 2.92. The highest BCUT2D eigenvalue weighted by Gasteiger charge is 2.19. The molecule has 0 spiro atoms. The lowest BCUT2D eigenvalue weighted by atomic mass is 10.1. The highest BCUT2D eigenvalue weighted by Crippen LogP contribution is 2.12. The van der Waals surface area contributed by atoms with Gasteiger partial charge in [-0.1, -0.05) is 110 Å². The molecule has 0 atom stereocenters. The van der Waals surface area contributed by atoms with Crippen LogP contribution in [0.5, 0.6) is 0 Å². The van der Waals surface area contributed by atoms with Crippen molar-refractivity contribution < 1.29 is 19.1 Å². The molecule has 0 aromatic heterocycles. The Morgan fingerprint density at radius 3 is 1.34 bits per heavy atom. The largest absolute Gasteiger partial charge is 0.469 e. The van der Waals surface area contributed by atoms with E-state index in [0.29, 0.717) is 13.0 Å². The van der Waals surface area contributed by atoms with Gasteiger partial charge in [0, 0.05) is 19.5 Å². The van der Waals surface area contributed by atoms with Gasteiger partial charge in [-0.15, -0.1) is 0 Å². The Bertz CT molecular complexity index is 587. The van der Waals surface area contributed by atoms with Crippen LogP contribution in [0.1, 0.15) is 163 Å². The molecule has 244 valence electrons. The molecular weight excluding hydrogens is 512 g/mol. The van der Waals surface area contributed by atoms with Gasteiger partial charge in [0.25, 0.3) is 0 Å². The maximum atomic E-state index is 12.7. The van der Waals surface area contributed by atoms with Gasteiger partial charge in [0.2, 0.25) is 0 Å². The van der Waals surface area contributed by atoms with Gasteiger partial charge < -0.3 is 14.4 Å². The summed E-state index contributed by atoms with van der Waals surface area (Å²) < 4.78 is 10.4. The lowest BCUT2D eigenvalue weighted by Crippen LogP contribution is -2.40. The number of hydrogen-bond donors (Lipinski definition) is 0. The molecule has 0 bridgehead atoms. The van der Waals surface area contributed by atoms with Crippen molar-refractivity contribution in [3.63, 3.8) is 0 Å². The first kappa shape index (κ1) is 39.9. The smallest absolute Gasteiger partial charge is 0.320 e. The molecule has 0 saturated carbocycles. The van der Waals surface area contributed by atoms with E-state index < -0.39 is 5.60 Å². The van der Waals surface area contributed by atoms with Crippen LogP contribution in [-0.2, 0) is 19.1 Å². The first-order valence-electron chi connectivity index (χ1n) is 17.4. The lowest BCUT2D eigenvalue weighted by Gasteiger charge is -2.28. The highest BCUT2D eigenvalue weighted by atomic mass is 16.6. The molecule has 0 unspecified atom stereocenters. The van der Waals surface area contributed by atoms with Crippen molar-refractivity contribution in [1.82, 2.24) is 9.80 Å². The molecular formula is C35H70N2O4. The van der Waals surface area contributed by atoms with Crippen LogP contribution in [-0.4, -0.2) is 73.7 Å². The number of carbonyl (C=O) groups excluding carboxylic acids is 2. The normalized spacial score (nSPS) is 11.9. The Morgan fingerprint density at radius 1 is 0.512 bits per heavy atom. The molecule has 0 fully saturated rings. The Kier molecular flexibility index (Phi) is 26.9. The predicted octanol–water partition coefficient (Wildman–Crippen LogP) is 8.95. The zero-order chi connectivity index (χ0) is 30.6. The van der Waals surface area contributed by atoms with Crippen molar-refractivity contribution in [2.24, 2.45) is 0 Å². The SMILES string of the molecule is CCCCCCCCCN(CCCCCCCCC)CCN(CCCCCCCC(=O)OC)CC(=O)OC(C)(C)C. The Balaban J connectivity index is 4.78. The van der Waals surface area contributed by atoms with Crippen LogP contribution >= 0.6 is 0 Å². The number of hydrogen-bond acceptors (Lipinski definition) is 6. The van der Waals surface area contributed by atoms with Crippen LogP contribution in [0.2, 0.25) is 0 Å². The van der Waals surface area contributed by atoms with Crippen LogP contribution in [0.4, 0.5) is 0 Å². The number of methoxy groups -OCH3 is 1. The van der Waals surface area contributed by atoms with Crippen LogP contribution in [0.25, 0.3) is 0 Å². The number of unbranched alkanes of at least 4 members (excludes halogenated alkanes) is 16. The standard InChI is InChI=1S/C35H70N2O4/c1-7-9-11-13-15-19-23-27-36(28-24-20-16-14-12-10-8-2)30-31-37(32-34(39)41-35(3,4)5)29-25-21-17-18-22-26-33(38)40-6/h7-32H2,1-6H3. The number of esters is 2. The summed E-state index contributed by atoms with van der Waals surface area (Å²) in [6.45, 7) is 15.9. The minimum absolute atomic E-state index is 0.119. The molecule has 0 rings (SSSR count). The van der Waals surface area contributed by atoms with Crippen LogP contribution in [0, 0.1) is 0 Å². The van der Waals surface area contributed by atoms with Gasteiger partial charge in [-0.25, -0.2) is 0 Å². The number of nitrogens with zero attached hydrogens (tertiary/aromatic N) is 2. The molecule has 0 aliphatic heterocycles. The molecule has 0 saturated heterocycles. The Morgan fingerprint density at radius 2 is 0.902 bits per heavy atom. The van der Waals surface area contributed by atoms with Gasteiger partial charge in [-0.2, -0.15) is 0 Å². The van der Waals surface area contributed by atoms with E-state index in [2.05, 4.69) is 23.6 Å². The molecule has 0 heterocycles. The molecule has 0 amide bonds. The third-order valence-electron chi connectivity index (χ3n) is 7.74. The van der Waals surface area contributed by atoms with Crippen molar-refractivity contribution in [3.05, 3.63) is 0 Å². The van der Waals surface area contributed by atoms with Crippen molar-refractivity contribution in [2.45, 2.75) is 169 Å². The molecule has 6 heteroatoms. The molecule has 0 aliphatic rings. The summed E-state index contributed by atoms with van der Waals surface area (Å²) >= 11 is 0. The fourth-order valence-electron chi connectivity index (χ4n) is 5.27. The second-order valence-electron chi connectivity index (χ2n) is 13.0. The fraction of sp³-hybridized carbons (Fsp3) is 0.943. The first-order valence-corrected chi connectivity index (χ1v) is 17.4. The Hall–Kier alpha value is -1.14. The Labute approximate surface area is 255 Å². The molecule has 6 nitrogen and oxygen atoms in total. The minimum Gasteiger partial charge on any atom is -0.469 e. The third kappa shape index (κ3) is 28.7. The predicted molar refractivity (Wildman–Crippen MR) is 174 cm³/mol. The maximum Gasteiger partial charge on any atom is 0.320 e. The summed E-state index contributed by atoms with van der Waals surface area (Å²) in [5, 5.41) is 0.